The third-order valence-corrected chi connectivity index (χ3v) is 5.36. The van der Waals surface area contributed by atoms with Gasteiger partial charge in [-0.2, -0.15) is 0 Å². The Bertz CT molecular complexity index is 732. The Morgan fingerprint density at radius 1 is 1.15 bits per heavy atom. The molecule has 2 aliphatic heterocycles. The fraction of sp³-hybridized carbons (Fsp3) is 0.450. The van der Waals surface area contributed by atoms with Gasteiger partial charge in [-0.15, -0.1) is 0 Å². The molecule has 2 aliphatic rings. The van der Waals surface area contributed by atoms with Crippen LogP contribution in [0.3, 0.4) is 0 Å². The van der Waals surface area contributed by atoms with Crippen molar-refractivity contribution in [1.82, 2.24) is 14.9 Å². The Labute approximate surface area is 153 Å². The largest absolute Gasteiger partial charge is 0.377 e. The van der Waals surface area contributed by atoms with E-state index in [4.69, 9.17) is 9.47 Å². The van der Waals surface area contributed by atoms with Gasteiger partial charge >= 0.3 is 0 Å². The van der Waals surface area contributed by atoms with Crippen molar-refractivity contribution >= 4 is 5.91 Å². The number of hydrogen-bond donors (Lipinski definition) is 0. The van der Waals surface area contributed by atoms with E-state index in [-0.39, 0.29) is 11.5 Å². The maximum Gasteiger partial charge on any atom is 0.254 e. The molecule has 4 rings (SSSR count). The van der Waals surface area contributed by atoms with E-state index in [1.807, 2.05) is 17.0 Å². The third-order valence-electron chi connectivity index (χ3n) is 5.36. The van der Waals surface area contributed by atoms with Crippen molar-refractivity contribution in [3.63, 3.8) is 0 Å². The SMILES string of the molecule is O=C(c1ccncc1)N1CC2(C1)OCCC2CCOCc1ccncc1. The van der Waals surface area contributed by atoms with Gasteiger partial charge in [0.25, 0.3) is 5.91 Å². The molecular formula is C20H23N3O3. The van der Waals surface area contributed by atoms with Crippen LogP contribution in [0.2, 0.25) is 0 Å². The second-order valence-electron chi connectivity index (χ2n) is 6.99. The first-order valence-electron chi connectivity index (χ1n) is 9.07. The number of hydrogen-bond acceptors (Lipinski definition) is 5. The Balaban J connectivity index is 1.26. The number of aromatic nitrogens is 2. The van der Waals surface area contributed by atoms with Gasteiger partial charge in [-0.25, -0.2) is 0 Å². The fourth-order valence-corrected chi connectivity index (χ4v) is 3.86. The van der Waals surface area contributed by atoms with Gasteiger partial charge in [0.15, 0.2) is 0 Å². The van der Waals surface area contributed by atoms with Gasteiger partial charge in [0.1, 0.15) is 5.60 Å². The van der Waals surface area contributed by atoms with Crippen LogP contribution in [0.1, 0.15) is 28.8 Å². The van der Waals surface area contributed by atoms with Crippen LogP contribution < -0.4 is 0 Å². The van der Waals surface area contributed by atoms with Crippen molar-refractivity contribution in [3.8, 4) is 0 Å². The molecule has 0 bridgehead atoms. The molecule has 2 aromatic rings. The lowest BCUT2D eigenvalue weighted by atomic mass is 9.79. The second-order valence-corrected chi connectivity index (χ2v) is 6.99. The van der Waals surface area contributed by atoms with Crippen molar-refractivity contribution in [2.75, 3.05) is 26.3 Å². The summed E-state index contributed by atoms with van der Waals surface area (Å²) in [5.74, 6) is 0.502. The average molecular weight is 353 g/mol. The van der Waals surface area contributed by atoms with Gasteiger partial charge in [0.05, 0.1) is 19.7 Å². The molecule has 0 N–H and O–H groups in total. The first-order valence-corrected chi connectivity index (χ1v) is 9.07. The molecule has 0 saturated carbocycles. The van der Waals surface area contributed by atoms with E-state index >= 15 is 0 Å². The Kier molecular flexibility index (Phi) is 4.95. The Morgan fingerprint density at radius 2 is 1.85 bits per heavy atom. The number of likely N-dealkylation sites (tertiary alicyclic amines) is 1. The minimum Gasteiger partial charge on any atom is -0.377 e. The Hall–Kier alpha value is -2.31. The Morgan fingerprint density at radius 3 is 2.58 bits per heavy atom. The van der Waals surface area contributed by atoms with Gasteiger partial charge in [0, 0.05) is 43.6 Å². The van der Waals surface area contributed by atoms with Gasteiger partial charge in [-0.3, -0.25) is 14.8 Å². The topological polar surface area (TPSA) is 64.6 Å². The molecule has 26 heavy (non-hydrogen) atoms. The van der Waals surface area contributed by atoms with Crippen molar-refractivity contribution < 1.29 is 14.3 Å². The van der Waals surface area contributed by atoms with Crippen LogP contribution >= 0.6 is 0 Å². The lowest BCUT2D eigenvalue weighted by molar-refractivity contribution is -0.120. The summed E-state index contributed by atoms with van der Waals surface area (Å²) in [5.41, 5.74) is 1.64. The number of carbonyl (C=O) groups is 1. The number of amides is 1. The minimum absolute atomic E-state index is 0.0567. The van der Waals surface area contributed by atoms with Crippen LogP contribution in [-0.2, 0) is 16.1 Å². The molecule has 0 aromatic carbocycles. The van der Waals surface area contributed by atoms with Crippen molar-refractivity contribution in [2.24, 2.45) is 5.92 Å². The van der Waals surface area contributed by atoms with Crippen LogP contribution in [0.15, 0.2) is 49.1 Å². The van der Waals surface area contributed by atoms with Gasteiger partial charge in [-0.1, -0.05) is 0 Å². The molecule has 2 aromatic heterocycles. The standard InChI is InChI=1S/C20H23N3O3/c24-19(17-3-9-22-10-4-17)23-14-20(15-23)18(6-12-26-20)5-11-25-13-16-1-7-21-8-2-16/h1-4,7-10,18H,5-6,11-15H2. The van der Waals surface area contributed by atoms with Crippen molar-refractivity contribution in [3.05, 3.63) is 60.2 Å². The van der Waals surface area contributed by atoms with Crippen molar-refractivity contribution in [1.29, 1.82) is 0 Å². The summed E-state index contributed by atoms with van der Waals surface area (Å²) in [6, 6.07) is 7.45. The summed E-state index contributed by atoms with van der Waals surface area (Å²) in [6.07, 6.45) is 8.86. The fourth-order valence-electron chi connectivity index (χ4n) is 3.86. The van der Waals surface area contributed by atoms with E-state index in [9.17, 15) is 4.79 Å². The first kappa shape index (κ1) is 17.1. The van der Waals surface area contributed by atoms with Crippen LogP contribution in [0.4, 0.5) is 0 Å². The van der Waals surface area contributed by atoms with Crippen LogP contribution in [0.25, 0.3) is 0 Å². The molecule has 1 spiro atoms. The normalized spacial score (nSPS) is 20.9. The highest BCUT2D eigenvalue weighted by Gasteiger charge is 2.54. The van der Waals surface area contributed by atoms with E-state index in [2.05, 4.69) is 9.97 Å². The monoisotopic (exact) mass is 353 g/mol. The van der Waals surface area contributed by atoms with Crippen LogP contribution in [0.5, 0.6) is 0 Å². The van der Waals surface area contributed by atoms with Crippen LogP contribution in [0, 0.1) is 5.92 Å². The lowest BCUT2D eigenvalue weighted by Gasteiger charge is -2.50. The molecular weight excluding hydrogens is 330 g/mol. The first-order chi connectivity index (χ1) is 12.8. The van der Waals surface area contributed by atoms with Crippen molar-refractivity contribution in [2.45, 2.75) is 25.0 Å². The van der Waals surface area contributed by atoms with E-state index in [1.165, 1.54) is 0 Å². The molecule has 2 saturated heterocycles. The minimum atomic E-state index is -0.178. The quantitative estimate of drug-likeness (QED) is 0.746. The van der Waals surface area contributed by atoms with E-state index in [1.54, 1.807) is 36.9 Å². The summed E-state index contributed by atoms with van der Waals surface area (Å²) >= 11 is 0. The highest BCUT2D eigenvalue weighted by atomic mass is 16.5. The average Bonchev–Trinajstić information content (AvgIpc) is 3.09. The van der Waals surface area contributed by atoms with Crippen LogP contribution in [-0.4, -0.2) is 52.7 Å². The summed E-state index contributed by atoms with van der Waals surface area (Å²) in [7, 11) is 0. The summed E-state index contributed by atoms with van der Waals surface area (Å²) in [6.45, 7) is 3.42. The highest BCUT2D eigenvalue weighted by molar-refractivity contribution is 5.94. The molecule has 1 unspecified atom stereocenters. The molecule has 6 nitrogen and oxygen atoms in total. The molecule has 4 heterocycles. The number of pyridine rings is 2. The highest BCUT2D eigenvalue weighted by Crippen LogP contribution is 2.42. The van der Waals surface area contributed by atoms with E-state index < -0.39 is 0 Å². The van der Waals surface area contributed by atoms with E-state index in [0.29, 0.717) is 37.8 Å². The van der Waals surface area contributed by atoms with Gasteiger partial charge in [-0.05, 0) is 48.6 Å². The van der Waals surface area contributed by atoms with Gasteiger partial charge in [0.2, 0.25) is 0 Å². The summed E-state index contributed by atoms with van der Waals surface area (Å²) in [5, 5.41) is 0. The summed E-state index contributed by atoms with van der Waals surface area (Å²) < 4.78 is 11.9. The zero-order valence-electron chi connectivity index (χ0n) is 14.7. The molecule has 136 valence electrons. The lowest BCUT2D eigenvalue weighted by Crippen LogP contribution is -2.66. The molecule has 0 aliphatic carbocycles. The zero-order valence-corrected chi connectivity index (χ0v) is 14.7. The molecule has 0 radical (unpaired) electrons. The smallest absolute Gasteiger partial charge is 0.254 e. The predicted molar refractivity (Wildman–Crippen MR) is 95.4 cm³/mol. The maximum absolute atomic E-state index is 12.5. The number of ether oxygens (including phenoxy) is 2. The van der Waals surface area contributed by atoms with Gasteiger partial charge < -0.3 is 14.4 Å². The molecule has 6 heteroatoms. The number of rotatable bonds is 6. The second kappa shape index (κ2) is 7.51. The third kappa shape index (κ3) is 3.48. The zero-order chi connectivity index (χ0) is 17.8. The van der Waals surface area contributed by atoms with E-state index in [0.717, 1.165) is 25.0 Å². The predicted octanol–water partition coefficient (Wildman–Crippen LogP) is 2.31. The summed E-state index contributed by atoms with van der Waals surface area (Å²) in [4.78, 5) is 22.3. The maximum atomic E-state index is 12.5. The number of nitrogens with zero attached hydrogens (tertiary/aromatic N) is 3. The molecule has 1 amide bonds. The molecule has 2 fully saturated rings. The molecule has 1 atom stereocenters. The number of carbonyl (C=O) groups excluding carboxylic acids is 1.